The summed E-state index contributed by atoms with van der Waals surface area (Å²) in [7, 11) is 0. The Morgan fingerprint density at radius 2 is 1.76 bits per heavy atom. The second-order valence-corrected chi connectivity index (χ2v) is 5.67. The number of ether oxygens (including phenoxy) is 1. The molecule has 0 spiro atoms. The lowest BCUT2D eigenvalue weighted by molar-refractivity contribution is 0.101. The molecule has 0 radical (unpaired) electrons. The van der Waals surface area contributed by atoms with E-state index in [1.165, 1.54) is 12.1 Å². The van der Waals surface area contributed by atoms with E-state index in [1.807, 2.05) is 26.0 Å². The summed E-state index contributed by atoms with van der Waals surface area (Å²) in [5.41, 5.74) is 3.47. The molecule has 25 heavy (non-hydrogen) atoms. The molecule has 128 valence electrons. The van der Waals surface area contributed by atoms with Crippen molar-refractivity contribution in [3.8, 4) is 5.88 Å². The monoisotopic (exact) mass is 339 g/mol. The van der Waals surface area contributed by atoms with Gasteiger partial charge in [-0.15, -0.1) is 0 Å². The second-order valence-electron chi connectivity index (χ2n) is 5.67. The fourth-order valence-corrected chi connectivity index (χ4v) is 2.42. The van der Waals surface area contributed by atoms with E-state index < -0.39 is 11.7 Å². The van der Waals surface area contributed by atoms with Crippen LogP contribution < -0.4 is 10.1 Å². The Morgan fingerprint density at radius 1 is 1.12 bits per heavy atom. The average molecular weight is 339 g/mol. The van der Waals surface area contributed by atoms with Crippen molar-refractivity contribution in [2.24, 2.45) is 0 Å². The summed E-state index contributed by atoms with van der Waals surface area (Å²) in [6.45, 7) is 6.08. The van der Waals surface area contributed by atoms with Gasteiger partial charge < -0.3 is 10.1 Å². The lowest BCUT2D eigenvalue weighted by Gasteiger charge is -2.11. The van der Waals surface area contributed by atoms with Crippen molar-refractivity contribution >= 4 is 22.6 Å². The van der Waals surface area contributed by atoms with Crippen LogP contribution in [0.1, 0.15) is 28.5 Å². The van der Waals surface area contributed by atoms with Gasteiger partial charge in [0, 0.05) is 0 Å². The quantitative estimate of drug-likeness (QED) is 0.779. The van der Waals surface area contributed by atoms with E-state index >= 15 is 0 Å². The van der Waals surface area contributed by atoms with Gasteiger partial charge in [-0.1, -0.05) is 12.1 Å². The van der Waals surface area contributed by atoms with Crippen molar-refractivity contribution in [2.45, 2.75) is 20.8 Å². The number of nitrogens with zero attached hydrogens (tertiary/aromatic N) is 2. The summed E-state index contributed by atoms with van der Waals surface area (Å²) >= 11 is 0. The van der Waals surface area contributed by atoms with Gasteiger partial charge in [-0.25, -0.2) is 14.4 Å². The van der Waals surface area contributed by atoms with Crippen LogP contribution in [0.3, 0.4) is 0 Å². The average Bonchev–Trinajstić information content (AvgIpc) is 2.58. The number of para-hydroxylation sites is 1. The topological polar surface area (TPSA) is 64.1 Å². The number of carbonyl (C=O) groups excluding carboxylic acids is 1. The van der Waals surface area contributed by atoms with E-state index in [9.17, 15) is 9.18 Å². The number of fused-ring (bicyclic) bond motifs is 1. The van der Waals surface area contributed by atoms with Crippen molar-refractivity contribution in [3.63, 3.8) is 0 Å². The molecule has 3 aromatic rings. The number of aromatic nitrogens is 2. The van der Waals surface area contributed by atoms with E-state index in [1.54, 1.807) is 19.1 Å². The van der Waals surface area contributed by atoms with Gasteiger partial charge >= 0.3 is 0 Å². The molecular formula is C19H18FN3O2. The number of nitrogens with one attached hydrogen (secondary N) is 1. The molecule has 1 aromatic heterocycles. The molecule has 1 N–H and O–H groups in total. The summed E-state index contributed by atoms with van der Waals surface area (Å²) in [6, 6.07) is 9.72. The molecule has 3 rings (SSSR count). The van der Waals surface area contributed by atoms with Gasteiger partial charge in [-0.2, -0.15) is 0 Å². The van der Waals surface area contributed by atoms with Gasteiger partial charge in [-0.3, -0.25) is 4.79 Å². The molecule has 0 atom stereocenters. The summed E-state index contributed by atoms with van der Waals surface area (Å²) < 4.78 is 19.3. The molecule has 1 heterocycles. The van der Waals surface area contributed by atoms with Crippen LogP contribution in [0, 0.1) is 19.7 Å². The number of halogens is 1. The highest BCUT2D eigenvalue weighted by Crippen LogP contribution is 2.23. The van der Waals surface area contributed by atoms with Gasteiger partial charge in [0.05, 0.1) is 23.3 Å². The number of benzene rings is 2. The van der Waals surface area contributed by atoms with Gasteiger partial charge in [0.2, 0.25) is 5.88 Å². The molecule has 0 fully saturated rings. The van der Waals surface area contributed by atoms with Gasteiger partial charge in [0.25, 0.3) is 5.91 Å². The number of amides is 1. The number of hydrogen-bond donors (Lipinski definition) is 1. The van der Waals surface area contributed by atoms with E-state index in [4.69, 9.17) is 4.74 Å². The minimum Gasteiger partial charge on any atom is -0.476 e. The standard InChI is InChI=1S/C19H18FN3O2/c1-4-25-19-17(18(24)22-14-8-6-5-7-13(14)20)21-15-9-11(2)12(3)10-16(15)23-19/h5-10H,4H2,1-3H3,(H,22,24). The largest absolute Gasteiger partial charge is 0.476 e. The molecule has 6 heteroatoms. The minimum absolute atomic E-state index is 0.0286. The first-order valence-corrected chi connectivity index (χ1v) is 7.97. The van der Waals surface area contributed by atoms with E-state index in [0.717, 1.165) is 11.1 Å². The summed E-state index contributed by atoms with van der Waals surface area (Å²) in [5, 5.41) is 2.52. The predicted octanol–water partition coefficient (Wildman–Crippen LogP) is 4.04. The van der Waals surface area contributed by atoms with Crippen LogP contribution in [0.2, 0.25) is 0 Å². The van der Waals surface area contributed by atoms with Crippen molar-refractivity contribution in [3.05, 3.63) is 59.0 Å². The fraction of sp³-hybridized carbons (Fsp3) is 0.211. The summed E-state index contributed by atoms with van der Waals surface area (Å²) in [6.07, 6.45) is 0. The third-order valence-corrected chi connectivity index (χ3v) is 3.87. The van der Waals surface area contributed by atoms with Crippen LogP contribution in [-0.4, -0.2) is 22.5 Å². The summed E-state index contributed by atoms with van der Waals surface area (Å²) in [4.78, 5) is 21.4. The Bertz CT molecular complexity index is 957. The smallest absolute Gasteiger partial charge is 0.280 e. The highest BCUT2D eigenvalue weighted by molar-refractivity contribution is 6.05. The molecule has 0 bridgehead atoms. The molecule has 0 saturated heterocycles. The Morgan fingerprint density at radius 3 is 2.40 bits per heavy atom. The molecule has 0 saturated carbocycles. The van der Waals surface area contributed by atoms with E-state index in [2.05, 4.69) is 15.3 Å². The third-order valence-electron chi connectivity index (χ3n) is 3.87. The maximum absolute atomic E-state index is 13.8. The second kappa shape index (κ2) is 6.84. The molecular weight excluding hydrogens is 321 g/mol. The minimum atomic E-state index is -0.568. The van der Waals surface area contributed by atoms with Crippen molar-refractivity contribution < 1.29 is 13.9 Å². The van der Waals surface area contributed by atoms with Crippen molar-refractivity contribution in [1.29, 1.82) is 0 Å². The molecule has 0 aliphatic carbocycles. The highest BCUT2D eigenvalue weighted by atomic mass is 19.1. The number of hydrogen-bond acceptors (Lipinski definition) is 4. The zero-order valence-electron chi connectivity index (χ0n) is 14.3. The predicted molar refractivity (Wildman–Crippen MR) is 94.5 cm³/mol. The first-order chi connectivity index (χ1) is 12.0. The number of carbonyl (C=O) groups is 1. The number of rotatable bonds is 4. The number of aryl methyl sites for hydroxylation is 2. The third kappa shape index (κ3) is 3.42. The SMILES string of the molecule is CCOc1nc2cc(C)c(C)cc2nc1C(=O)Nc1ccccc1F. The lowest BCUT2D eigenvalue weighted by Crippen LogP contribution is -2.17. The van der Waals surface area contributed by atoms with Crippen LogP contribution in [0.15, 0.2) is 36.4 Å². The molecule has 1 amide bonds. The normalized spacial score (nSPS) is 10.7. The maximum Gasteiger partial charge on any atom is 0.280 e. The lowest BCUT2D eigenvalue weighted by atomic mass is 10.1. The first-order valence-electron chi connectivity index (χ1n) is 7.97. The van der Waals surface area contributed by atoms with Gasteiger partial charge in [-0.05, 0) is 56.2 Å². The van der Waals surface area contributed by atoms with Crippen LogP contribution in [0.5, 0.6) is 5.88 Å². The van der Waals surface area contributed by atoms with Crippen LogP contribution in [0.25, 0.3) is 11.0 Å². The zero-order chi connectivity index (χ0) is 18.0. The summed E-state index contributed by atoms with van der Waals surface area (Å²) in [5.74, 6) is -0.956. The first kappa shape index (κ1) is 16.8. The van der Waals surface area contributed by atoms with Gasteiger partial charge in [0.1, 0.15) is 5.82 Å². The Labute approximate surface area is 144 Å². The molecule has 0 aliphatic heterocycles. The zero-order valence-corrected chi connectivity index (χ0v) is 14.3. The van der Waals surface area contributed by atoms with E-state index in [0.29, 0.717) is 17.6 Å². The molecule has 2 aromatic carbocycles. The van der Waals surface area contributed by atoms with Crippen LogP contribution >= 0.6 is 0 Å². The van der Waals surface area contributed by atoms with Gasteiger partial charge in [0.15, 0.2) is 5.69 Å². The number of anilines is 1. The molecule has 0 aliphatic rings. The fourth-order valence-electron chi connectivity index (χ4n) is 2.42. The Balaban J connectivity index is 2.06. The highest BCUT2D eigenvalue weighted by Gasteiger charge is 2.19. The van der Waals surface area contributed by atoms with Crippen molar-refractivity contribution in [2.75, 3.05) is 11.9 Å². The maximum atomic E-state index is 13.8. The van der Waals surface area contributed by atoms with Crippen molar-refractivity contribution in [1.82, 2.24) is 9.97 Å². The molecule has 0 unspecified atom stereocenters. The van der Waals surface area contributed by atoms with Crippen LogP contribution in [-0.2, 0) is 0 Å². The van der Waals surface area contributed by atoms with E-state index in [-0.39, 0.29) is 17.3 Å². The Hall–Kier alpha value is -3.02. The Kier molecular flexibility index (Phi) is 4.61. The molecule has 5 nitrogen and oxygen atoms in total. The van der Waals surface area contributed by atoms with Crippen LogP contribution in [0.4, 0.5) is 10.1 Å².